The Hall–Kier alpha value is -2.82. The Balaban J connectivity index is 1.89. The molecule has 1 aliphatic rings. The number of esters is 1. The monoisotopic (exact) mass is 498 g/mol. The zero-order valence-corrected chi connectivity index (χ0v) is 19.6. The fourth-order valence-electron chi connectivity index (χ4n) is 3.29. The van der Waals surface area contributed by atoms with Gasteiger partial charge in [-0.2, -0.15) is 0 Å². The Labute approximate surface area is 199 Å². The molecular formula is C21H24Cl2N4O6. The highest BCUT2D eigenvalue weighted by Crippen LogP contribution is 2.64. The van der Waals surface area contributed by atoms with Crippen molar-refractivity contribution in [2.24, 2.45) is 5.41 Å². The number of carbonyl (C=O) groups is 2. The molecule has 0 aliphatic heterocycles. The molecule has 0 spiro atoms. The van der Waals surface area contributed by atoms with Gasteiger partial charge in [0, 0.05) is 20.1 Å². The molecule has 1 aromatic carbocycles. The molecule has 0 radical (unpaired) electrons. The van der Waals surface area contributed by atoms with Gasteiger partial charge in [0.25, 0.3) is 11.5 Å². The van der Waals surface area contributed by atoms with E-state index in [1.807, 2.05) is 6.07 Å². The summed E-state index contributed by atoms with van der Waals surface area (Å²) in [4.78, 5) is 53.6. The maximum Gasteiger partial charge on any atom is 0.330 e. The zero-order chi connectivity index (χ0) is 24.4. The van der Waals surface area contributed by atoms with Crippen LogP contribution in [0.1, 0.15) is 18.9 Å². The van der Waals surface area contributed by atoms with Crippen molar-refractivity contribution in [3.63, 3.8) is 0 Å². The molecule has 1 unspecified atom stereocenters. The van der Waals surface area contributed by atoms with Gasteiger partial charge in [-0.15, -0.1) is 23.2 Å². The van der Waals surface area contributed by atoms with Crippen molar-refractivity contribution in [3.05, 3.63) is 56.7 Å². The van der Waals surface area contributed by atoms with Gasteiger partial charge in [0.15, 0.2) is 12.3 Å². The van der Waals surface area contributed by atoms with E-state index in [0.29, 0.717) is 0 Å². The molecule has 10 nitrogen and oxygen atoms in total. The fraction of sp³-hybridized carbons (Fsp3) is 0.429. The number of rotatable bonds is 9. The van der Waals surface area contributed by atoms with Crippen molar-refractivity contribution in [2.45, 2.75) is 24.2 Å². The van der Waals surface area contributed by atoms with Gasteiger partial charge < -0.3 is 15.2 Å². The molecule has 1 atom stereocenters. The van der Waals surface area contributed by atoms with Crippen molar-refractivity contribution >= 4 is 46.6 Å². The fourth-order valence-corrected chi connectivity index (χ4v) is 3.98. The molecule has 0 saturated heterocycles. The summed E-state index contributed by atoms with van der Waals surface area (Å²) in [7, 11) is 1.42. The lowest BCUT2D eigenvalue weighted by molar-refractivity contribution is -0.153. The number of methoxy groups -OCH3 is 1. The highest BCUT2D eigenvalue weighted by molar-refractivity contribution is 6.53. The molecule has 1 saturated carbocycles. The minimum absolute atomic E-state index is 0.0561. The van der Waals surface area contributed by atoms with E-state index in [9.17, 15) is 19.2 Å². The number of aromatic amines is 1. The molecule has 0 bridgehead atoms. The van der Waals surface area contributed by atoms with Gasteiger partial charge in [0.05, 0.1) is 13.2 Å². The summed E-state index contributed by atoms with van der Waals surface area (Å²) in [6, 6.07) is 8.98. The number of carbonyl (C=O) groups excluding carboxylic acids is 2. The number of nitrogens with zero attached hydrogens (tertiary/aromatic N) is 2. The van der Waals surface area contributed by atoms with Gasteiger partial charge in [0.2, 0.25) is 0 Å². The van der Waals surface area contributed by atoms with Crippen molar-refractivity contribution in [1.29, 1.82) is 0 Å². The molecule has 1 heterocycles. The number of alkyl halides is 2. The Bertz CT molecular complexity index is 1160. The van der Waals surface area contributed by atoms with Gasteiger partial charge in [-0.3, -0.25) is 28.8 Å². The second-order valence-corrected chi connectivity index (χ2v) is 9.38. The summed E-state index contributed by atoms with van der Waals surface area (Å²) < 4.78 is 10.0. The summed E-state index contributed by atoms with van der Waals surface area (Å²) >= 11 is 12.0. The molecular weight excluding hydrogens is 475 g/mol. The van der Waals surface area contributed by atoms with E-state index in [0.717, 1.165) is 15.0 Å². The van der Waals surface area contributed by atoms with Crippen LogP contribution in [0.3, 0.4) is 0 Å². The number of hydrogen-bond donors (Lipinski definition) is 2. The number of aromatic nitrogens is 2. The molecule has 3 N–H and O–H groups in total. The average molecular weight is 499 g/mol. The quantitative estimate of drug-likeness (QED) is 0.392. The first-order valence-electron chi connectivity index (χ1n) is 10.0. The third-order valence-corrected chi connectivity index (χ3v) is 6.62. The summed E-state index contributed by atoms with van der Waals surface area (Å²) in [6.07, 6.45) is 0.195. The number of nitrogens with two attached hydrogens (primary N) is 1. The number of ether oxygens (including phenoxy) is 2. The highest BCUT2D eigenvalue weighted by atomic mass is 35.5. The Morgan fingerprint density at radius 3 is 2.45 bits per heavy atom. The number of anilines is 2. The van der Waals surface area contributed by atoms with Crippen LogP contribution in [0, 0.1) is 5.41 Å². The highest BCUT2D eigenvalue weighted by Gasteiger charge is 2.69. The van der Waals surface area contributed by atoms with E-state index < -0.39 is 39.5 Å². The summed E-state index contributed by atoms with van der Waals surface area (Å²) in [5, 5.41) is 0. The minimum Gasteiger partial charge on any atom is -0.455 e. The lowest BCUT2D eigenvalue weighted by atomic mass is 10.1. The number of H-pyrrole nitrogens is 1. The SMILES string of the molecule is COCCN(C(=O)COC(=O)C1(C)CC1(Cl)Cl)c1c(N)n(Cc2ccccc2)c(=O)[nH]c1=O. The van der Waals surface area contributed by atoms with E-state index >= 15 is 0 Å². The summed E-state index contributed by atoms with van der Waals surface area (Å²) in [6.45, 7) is 0.905. The molecule has 2 aromatic rings. The van der Waals surface area contributed by atoms with Crippen LogP contribution < -0.4 is 21.9 Å². The predicted molar refractivity (Wildman–Crippen MR) is 124 cm³/mol. The first-order chi connectivity index (χ1) is 15.5. The first kappa shape index (κ1) is 24.8. The van der Waals surface area contributed by atoms with Crippen LogP contribution in [-0.4, -0.2) is 52.6 Å². The van der Waals surface area contributed by atoms with Gasteiger partial charge >= 0.3 is 11.7 Å². The van der Waals surface area contributed by atoms with Gasteiger partial charge in [0.1, 0.15) is 15.6 Å². The third-order valence-electron chi connectivity index (χ3n) is 5.52. The van der Waals surface area contributed by atoms with Crippen LogP contribution in [-0.2, 0) is 25.6 Å². The third kappa shape index (κ3) is 5.07. The van der Waals surface area contributed by atoms with Crippen molar-refractivity contribution in [2.75, 3.05) is 37.5 Å². The number of benzene rings is 1. The van der Waals surface area contributed by atoms with Gasteiger partial charge in [-0.25, -0.2) is 4.79 Å². The topological polar surface area (TPSA) is 137 Å². The number of hydrogen-bond acceptors (Lipinski definition) is 7. The molecule has 3 rings (SSSR count). The van der Waals surface area contributed by atoms with E-state index in [2.05, 4.69) is 4.98 Å². The minimum atomic E-state index is -1.25. The Kier molecular flexibility index (Phi) is 7.20. The maximum atomic E-state index is 13.0. The molecule has 1 aliphatic carbocycles. The van der Waals surface area contributed by atoms with Crippen LogP contribution in [0.15, 0.2) is 39.9 Å². The second kappa shape index (κ2) is 9.58. The summed E-state index contributed by atoms with van der Waals surface area (Å²) in [5.74, 6) is -1.68. The van der Waals surface area contributed by atoms with Crippen LogP contribution in [0.4, 0.5) is 11.5 Å². The van der Waals surface area contributed by atoms with Crippen molar-refractivity contribution < 1.29 is 19.1 Å². The van der Waals surface area contributed by atoms with E-state index in [1.54, 1.807) is 24.3 Å². The molecule has 1 aromatic heterocycles. The first-order valence-corrected chi connectivity index (χ1v) is 10.8. The number of halogens is 2. The van der Waals surface area contributed by atoms with E-state index in [1.165, 1.54) is 14.0 Å². The lowest BCUT2D eigenvalue weighted by Gasteiger charge is -2.24. The van der Waals surface area contributed by atoms with Crippen LogP contribution in [0.2, 0.25) is 0 Å². The summed E-state index contributed by atoms with van der Waals surface area (Å²) in [5.41, 5.74) is 4.00. The number of amides is 1. The smallest absolute Gasteiger partial charge is 0.330 e. The molecule has 33 heavy (non-hydrogen) atoms. The standard InChI is InChI=1S/C21H24Cl2N4O6/c1-20(12-21(20,22)23)18(30)33-11-14(28)26(8-9-32-2)15-16(24)27(19(31)25-17(15)29)10-13-6-4-3-5-7-13/h3-7H,8-12,24H2,1-2H3,(H,25,29,31). The Morgan fingerprint density at radius 2 is 1.88 bits per heavy atom. The number of nitrogens with one attached hydrogen (secondary N) is 1. The van der Waals surface area contributed by atoms with E-state index in [-0.39, 0.29) is 37.6 Å². The van der Waals surface area contributed by atoms with Crippen molar-refractivity contribution in [1.82, 2.24) is 9.55 Å². The Morgan fingerprint density at radius 1 is 1.24 bits per heavy atom. The van der Waals surface area contributed by atoms with Crippen LogP contribution in [0.25, 0.3) is 0 Å². The molecule has 1 fully saturated rings. The van der Waals surface area contributed by atoms with Gasteiger partial charge in [-0.1, -0.05) is 30.3 Å². The number of nitrogen functional groups attached to an aromatic ring is 1. The lowest BCUT2D eigenvalue weighted by Crippen LogP contribution is -2.44. The molecule has 178 valence electrons. The normalized spacial score (nSPS) is 18.5. The zero-order valence-electron chi connectivity index (χ0n) is 18.1. The molecule has 12 heteroatoms. The van der Waals surface area contributed by atoms with Crippen LogP contribution in [0.5, 0.6) is 0 Å². The van der Waals surface area contributed by atoms with E-state index in [4.69, 9.17) is 38.4 Å². The maximum absolute atomic E-state index is 13.0. The largest absolute Gasteiger partial charge is 0.455 e. The van der Waals surface area contributed by atoms with Gasteiger partial charge in [-0.05, 0) is 12.5 Å². The van der Waals surface area contributed by atoms with Crippen LogP contribution >= 0.6 is 23.2 Å². The second-order valence-electron chi connectivity index (χ2n) is 7.89. The molecule has 1 amide bonds. The van der Waals surface area contributed by atoms with Crippen molar-refractivity contribution in [3.8, 4) is 0 Å². The average Bonchev–Trinajstić information content (AvgIpc) is 3.30. The predicted octanol–water partition coefficient (Wildman–Crippen LogP) is 1.27.